The van der Waals surface area contributed by atoms with Gasteiger partial charge in [0, 0.05) is 30.4 Å². The highest BCUT2D eigenvalue weighted by atomic mass is 32.1. The van der Waals surface area contributed by atoms with Crippen molar-refractivity contribution in [1.82, 2.24) is 9.80 Å². The highest BCUT2D eigenvalue weighted by molar-refractivity contribution is 7.10. The number of ether oxygens (including phenoxy) is 1. The third kappa shape index (κ3) is 4.00. The average Bonchev–Trinajstić information content (AvgIpc) is 3.03. The predicted octanol–water partition coefficient (Wildman–Crippen LogP) is 3.84. The number of hydrogen-bond donors (Lipinski definition) is 0. The largest absolute Gasteiger partial charge is 0.444 e. The van der Waals surface area contributed by atoms with E-state index in [1.807, 2.05) is 25.7 Å². The van der Waals surface area contributed by atoms with Gasteiger partial charge in [-0.3, -0.25) is 4.79 Å². The molecule has 5 nitrogen and oxygen atoms in total. The van der Waals surface area contributed by atoms with Gasteiger partial charge in [0.05, 0.1) is 6.04 Å². The highest BCUT2D eigenvalue weighted by Crippen LogP contribution is 2.34. The van der Waals surface area contributed by atoms with Crippen molar-refractivity contribution in [3.63, 3.8) is 0 Å². The number of amides is 2. The number of likely N-dealkylation sites (tertiary alicyclic amines) is 1. The van der Waals surface area contributed by atoms with Crippen molar-refractivity contribution >= 4 is 23.3 Å². The van der Waals surface area contributed by atoms with Crippen molar-refractivity contribution in [3.05, 3.63) is 21.9 Å². The topological polar surface area (TPSA) is 49.9 Å². The first kappa shape index (κ1) is 18.2. The van der Waals surface area contributed by atoms with E-state index in [0.717, 1.165) is 25.8 Å². The maximum Gasteiger partial charge on any atom is 0.410 e. The zero-order valence-electron chi connectivity index (χ0n) is 15.6. The molecule has 0 saturated carbocycles. The molecule has 1 atom stereocenters. The number of piperidine rings is 1. The average molecular weight is 365 g/mol. The number of fused-ring (bicyclic) bond motifs is 1. The second-order valence-electron chi connectivity index (χ2n) is 8.00. The third-order valence-corrected chi connectivity index (χ3v) is 6.05. The Balaban J connectivity index is 1.56. The summed E-state index contributed by atoms with van der Waals surface area (Å²) >= 11 is 1.79. The van der Waals surface area contributed by atoms with Crippen LogP contribution in [0.3, 0.4) is 0 Å². The van der Waals surface area contributed by atoms with Gasteiger partial charge >= 0.3 is 6.09 Å². The van der Waals surface area contributed by atoms with E-state index in [9.17, 15) is 9.59 Å². The van der Waals surface area contributed by atoms with E-state index in [-0.39, 0.29) is 24.0 Å². The predicted molar refractivity (Wildman–Crippen MR) is 98.7 cm³/mol. The molecule has 3 heterocycles. The SMILES string of the molecule is CC1c2ccsc2CCN1C(=O)C1CCN(C(=O)OC(C)(C)C)CC1. The van der Waals surface area contributed by atoms with Gasteiger partial charge in [-0.25, -0.2) is 4.79 Å². The van der Waals surface area contributed by atoms with E-state index >= 15 is 0 Å². The lowest BCUT2D eigenvalue weighted by molar-refractivity contribution is -0.139. The van der Waals surface area contributed by atoms with E-state index in [2.05, 4.69) is 18.4 Å². The summed E-state index contributed by atoms with van der Waals surface area (Å²) in [5, 5.41) is 2.12. The molecule has 0 radical (unpaired) electrons. The molecule has 1 aromatic heterocycles. The van der Waals surface area contributed by atoms with Crippen molar-refractivity contribution in [2.75, 3.05) is 19.6 Å². The quantitative estimate of drug-likeness (QED) is 0.761. The Hall–Kier alpha value is -1.56. The van der Waals surface area contributed by atoms with E-state index in [0.29, 0.717) is 13.1 Å². The Kier molecular flexibility index (Phi) is 5.09. The minimum Gasteiger partial charge on any atom is -0.444 e. The summed E-state index contributed by atoms with van der Waals surface area (Å²) in [5.74, 6) is 0.259. The van der Waals surface area contributed by atoms with Crippen LogP contribution in [0.5, 0.6) is 0 Å². The smallest absolute Gasteiger partial charge is 0.410 e. The minimum atomic E-state index is -0.481. The fraction of sp³-hybridized carbons (Fsp3) is 0.684. The summed E-state index contributed by atoms with van der Waals surface area (Å²) in [6.07, 6.45) is 2.13. The van der Waals surface area contributed by atoms with E-state index in [4.69, 9.17) is 4.74 Å². The van der Waals surface area contributed by atoms with E-state index < -0.39 is 5.60 Å². The Morgan fingerprint density at radius 2 is 1.88 bits per heavy atom. The minimum absolute atomic E-state index is 0.0151. The van der Waals surface area contributed by atoms with Crippen LogP contribution in [0.4, 0.5) is 4.79 Å². The van der Waals surface area contributed by atoms with Crippen molar-refractivity contribution in [3.8, 4) is 0 Å². The van der Waals surface area contributed by atoms with Crippen molar-refractivity contribution in [2.24, 2.45) is 5.92 Å². The Bertz CT molecular complexity index is 641. The van der Waals surface area contributed by atoms with Gasteiger partial charge in [-0.2, -0.15) is 0 Å². The van der Waals surface area contributed by atoms with Gasteiger partial charge in [-0.05, 0) is 64.0 Å². The molecule has 3 rings (SSSR count). The number of carbonyl (C=O) groups is 2. The maximum atomic E-state index is 13.0. The molecule has 2 aliphatic rings. The summed E-state index contributed by atoms with van der Waals surface area (Å²) in [4.78, 5) is 30.3. The first-order valence-electron chi connectivity index (χ1n) is 9.11. The number of thiophene rings is 1. The van der Waals surface area contributed by atoms with Crippen LogP contribution >= 0.6 is 11.3 Å². The Labute approximate surface area is 153 Å². The maximum absolute atomic E-state index is 13.0. The van der Waals surface area contributed by atoms with Gasteiger partial charge in [0.2, 0.25) is 5.91 Å². The summed E-state index contributed by atoms with van der Waals surface area (Å²) in [6, 6.07) is 2.31. The molecular formula is C19H28N2O3S. The molecule has 0 aromatic carbocycles. The summed E-state index contributed by atoms with van der Waals surface area (Å²) in [5.41, 5.74) is 0.821. The lowest BCUT2D eigenvalue weighted by Crippen LogP contribution is -2.47. The molecule has 0 N–H and O–H groups in total. The lowest BCUT2D eigenvalue weighted by Gasteiger charge is -2.39. The molecule has 2 amide bonds. The second-order valence-corrected chi connectivity index (χ2v) is 9.00. The molecule has 1 aromatic rings. The Morgan fingerprint density at radius 3 is 2.52 bits per heavy atom. The van der Waals surface area contributed by atoms with Gasteiger partial charge in [-0.1, -0.05) is 0 Å². The van der Waals surface area contributed by atoms with Crippen LogP contribution in [0, 0.1) is 5.92 Å². The van der Waals surface area contributed by atoms with Crippen LogP contribution in [0.2, 0.25) is 0 Å². The van der Waals surface area contributed by atoms with Crippen LogP contribution in [0.1, 0.15) is 57.0 Å². The summed E-state index contributed by atoms with van der Waals surface area (Å²) < 4.78 is 5.43. The molecule has 1 saturated heterocycles. The molecule has 0 aliphatic carbocycles. The molecule has 6 heteroatoms. The van der Waals surface area contributed by atoms with Gasteiger partial charge < -0.3 is 14.5 Å². The Morgan fingerprint density at radius 1 is 1.20 bits per heavy atom. The van der Waals surface area contributed by atoms with Crippen molar-refractivity contribution < 1.29 is 14.3 Å². The van der Waals surface area contributed by atoms with Crippen molar-refractivity contribution in [1.29, 1.82) is 0 Å². The lowest BCUT2D eigenvalue weighted by atomic mass is 9.92. The first-order valence-corrected chi connectivity index (χ1v) is 9.99. The van der Waals surface area contributed by atoms with E-state index in [1.165, 1.54) is 10.4 Å². The normalized spacial score (nSPS) is 21.8. The van der Waals surface area contributed by atoms with Crippen molar-refractivity contribution in [2.45, 2.75) is 58.6 Å². The van der Waals surface area contributed by atoms with Crippen LogP contribution in [-0.2, 0) is 16.0 Å². The molecule has 0 spiro atoms. The summed E-state index contributed by atoms with van der Waals surface area (Å²) in [7, 11) is 0. The second kappa shape index (κ2) is 6.98. The number of rotatable bonds is 1. The van der Waals surface area contributed by atoms with Gasteiger partial charge in [0.15, 0.2) is 0 Å². The van der Waals surface area contributed by atoms with Crippen LogP contribution in [0.15, 0.2) is 11.4 Å². The molecular weight excluding hydrogens is 336 g/mol. The monoisotopic (exact) mass is 364 g/mol. The molecule has 1 unspecified atom stereocenters. The van der Waals surface area contributed by atoms with Gasteiger partial charge in [0.1, 0.15) is 5.60 Å². The first-order chi connectivity index (χ1) is 11.8. The summed E-state index contributed by atoms with van der Waals surface area (Å²) in [6.45, 7) is 9.74. The zero-order chi connectivity index (χ0) is 18.2. The molecule has 1 fully saturated rings. The molecule has 25 heavy (non-hydrogen) atoms. The highest BCUT2D eigenvalue weighted by Gasteiger charge is 2.35. The van der Waals surface area contributed by atoms with Crippen LogP contribution < -0.4 is 0 Å². The number of nitrogens with zero attached hydrogens (tertiary/aromatic N) is 2. The van der Waals surface area contributed by atoms with Gasteiger partial charge in [-0.15, -0.1) is 11.3 Å². The standard InChI is InChI=1S/C19H28N2O3S/c1-13-15-8-12-25-16(15)7-11-21(13)17(22)14-5-9-20(10-6-14)18(23)24-19(2,3)4/h8,12-14H,5-7,9-11H2,1-4H3. The van der Waals surface area contributed by atoms with Crippen LogP contribution in [0.25, 0.3) is 0 Å². The van der Waals surface area contributed by atoms with Crippen LogP contribution in [-0.4, -0.2) is 47.0 Å². The fourth-order valence-electron chi connectivity index (χ4n) is 3.68. The van der Waals surface area contributed by atoms with Gasteiger partial charge in [0.25, 0.3) is 0 Å². The number of hydrogen-bond acceptors (Lipinski definition) is 4. The van der Waals surface area contributed by atoms with E-state index in [1.54, 1.807) is 16.2 Å². The molecule has 0 bridgehead atoms. The molecule has 138 valence electrons. The molecule has 2 aliphatic heterocycles. The fourth-order valence-corrected chi connectivity index (χ4v) is 4.64. The number of carbonyl (C=O) groups excluding carboxylic acids is 2. The third-order valence-electron chi connectivity index (χ3n) is 5.06. The zero-order valence-corrected chi connectivity index (χ0v) is 16.4.